The van der Waals surface area contributed by atoms with Gasteiger partial charge in [0.1, 0.15) is 5.82 Å². The molecule has 0 bridgehead atoms. The van der Waals surface area contributed by atoms with Crippen molar-refractivity contribution in [2.45, 2.75) is 6.42 Å². The lowest BCUT2D eigenvalue weighted by atomic mass is 10.4. The van der Waals surface area contributed by atoms with Gasteiger partial charge in [0.25, 0.3) is 0 Å². The maximum Gasteiger partial charge on any atom is 0.116 e. The zero-order chi connectivity index (χ0) is 9.97. The van der Waals surface area contributed by atoms with Crippen molar-refractivity contribution in [3.8, 4) is 0 Å². The van der Waals surface area contributed by atoms with Crippen LogP contribution in [0.1, 0.15) is 5.82 Å². The second-order valence-electron chi connectivity index (χ2n) is 3.03. The molecule has 4 heteroatoms. The summed E-state index contributed by atoms with van der Waals surface area (Å²) in [5, 5.41) is 0. The van der Waals surface area contributed by atoms with E-state index in [4.69, 9.17) is 4.74 Å². The lowest BCUT2D eigenvalue weighted by molar-refractivity contribution is 0.200. The molecule has 3 nitrogen and oxygen atoms in total. The van der Waals surface area contributed by atoms with Crippen LogP contribution < -0.4 is 0 Å². The molecule has 0 saturated heterocycles. The number of aromatic nitrogens is 2. The summed E-state index contributed by atoms with van der Waals surface area (Å²) < 4.78 is 8.14. The molecule has 2 aromatic rings. The van der Waals surface area contributed by atoms with Crippen LogP contribution in [0.15, 0.2) is 29.0 Å². The van der Waals surface area contributed by atoms with Gasteiger partial charge in [-0.1, -0.05) is 6.07 Å². The number of nitrogens with zero attached hydrogens (tertiary/aromatic N) is 2. The van der Waals surface area contributed by atoms with E-state index in [2.05, 4.69) is 25.3 Å². The molecule has 0 saturated carbocycles. The minimum absolute atomic E-state index is 0.695. The van der Waals surface area contributed by atoms with Crippen molar-refractivity contribution in [2.24, 2.45) is 0 Å². The van der Waals surface area contributed by atoms with Gasteiger partial charge in [-0.15, -0.1) is 0 Å². The third-order valence-corrected chi connectivity index (χ3v) is 2.73. The van der Waals surface area contributed by atoms with Crippen molar-refractivity contribution in [1.29, 1.82) is 0 Å². The minimum atomic E-state index is 0.695. The Morgan fingerprint density at radius 1 is 1.50 bits per heavy atom. The van der Waals surface area contributed by atoms with Crippen LogP contribution in [0.4, 0.5) is 0 Å². The molecule has 2 aromatic heterocycles. The van der Waals surface area contributed by atoms with Gasteiger partial charge < -0.3 is 4.74 Å². The molecule has 0 aliphatic rings. The fourth-order valence-corrected chi connectivity index (χ4v) is 2.00. The smallest absolute Gasteiger partial charge is 0.116 e. The van der Waals surface area contributed by atoms with E-state index < -0.39 is 0 Å². The van der Waals surface area contributed by atoms with E-state index in [0.29, 0.717) is 6.61 Å². The number of hydrogen-bond acceptors (Lipinski definition) is 2. The average molecular weight is 255 g/mol. The SMILES string of the molecule is COCCc1ncc2cccc(Br)n12. The van der Waals surface area contributed by atoms with Crippen molar-refractivity contribution in [2.75, 3.05) is 13.7 Å². The number of pyridine rings is 1. The summed E-state index contributed by atoms with van der Waals surface area (Å²) in [6.45, 7) is 0.695. The van der Waals surface area contributed by atoms with Crippen LogP contribution in [0, 0.1) is 0 Å². The van der Waals surface area contributed by atoms with E-state index >= 15 is 0 Å². The first-order valence-corrected chi connectivity index (χ1v) is 5.22. The Morgan fingerprint density at radius 2 is 2.36 bits per heavy atom. The van der Waals surface area contributed by atoms with E-state index in [1.165, 1.54) is 0 Å². The van der Waals surface area contributed by atoms with Gasteiger partial charge >= 0.3 is 0 Å². The summed E-state index contributed by atoms with van der Waals surface area (Å²) in [6, 6.07) is 6.04. The molecular formula is C10H11BrN2O. The zero-order valence-electron chi connectivity index (χ0n) is 7.90. The molecule has 0 aliphatic carbocycles. The van der Waals surface area contributed by atoms with Crippen molar-refractivity contribution in [3.05, 3.63) is 34.8 Å². The Hall–Kier alpha value is -0.870. The lowest BCUT2D eigenvalue weighted by Gasteiger charge is -2.02. The topological polar surface area (TPSA) is 26.5 Å². The van der Waals surface area contributed by atoms with E-state index in [1.54, 1.807) is 7.11 Å². The van der Waals surface area contributed by atoms with Gasteiger partial charge in [0.15, 0.2) is 0 Å². The number of rotatable bonds is 3. The van der Waals surface area contributed by atoms with Gasteiger partial charge in [0, 0.05) is 13.5 Å². The second-order valence-corrected chi connectivity index (χ2v) is 3.84. The Bertz CT molecular complexity index is 439. The molecule has 0 N–H and O–H groups in total. The quantitative estimate of drug-likeness (QED) is 0.786. The predicted molar refractivity (Wildman–Crippen MR) is 58.5 cm³/mol. The zero-order valence-corrected chi connectivity index (χ0v) is 9.49. The molecule has 2 rings (SSSR count). The summed E-state index contributed by atoms with van der Waals surface area (Å²) in [7, 11) is 1.70. The molecule has 0 radical (unpaired) electrons. The highest BCUT2D eigenvalue weighted by Crippen LogP contribution is 2.16. The Labute approximate surface area is 90.8 Å². The summed E-state index contributed by atoms with van der Waals surface area (Å²) in [5.41, 5.74) is 1.10. The van der Waals surface area contributed by atoms with Crippen LogP contribution in [0.2, 0.25) is 0 Å². The summed E-state index contributed by atoms with van der Waals surface area (Å²) >= 11 is 3.50. The van der Waals surface area contributed by atoms with Gasteiger partial charge in [0.2, 0.25) is 0 Å². The maximum atomic E-state index is 5.04. The summed E-state index contributed by atoms with van der Waals surface area (Å²) in [6.07, 6.45) is 2.70. The predicted octanol–water partition coefficient (Wildman–Crippen LogP) is 2.29. The molecule has 0 unspecified atom stereocenters. The van der Waals surface area contributed by atoms with E-state index in [9.17, 15) is 0 Å². The Balaban J connectivity index is 2.45. The van der Waals surface area contributed by atoms with Gasteiger partial charge in [-0.05, 0) is 28.1 Å². The molecule has 2 heterocycles. The number of fused-ring (bicyclic) bond motifs is 1. The van der Waals surface area contributed by atoms with E-state index in [0.717, 1.165) is 22.4 Å². The number of halogens is 1. The maximum absolute atomic E-state index is 5.04. The van der Waals surface area contributed by atoms with Crippen LogP contribution in [-0.4, -0.2) is 23.1 Å². The highest BCUT2D eigenvalue weighted by molar-refractivity contribution is 9.10. The molecule has 0 atom stereocenters. The lowest BCUT2D eigenvalue weighted by Crippen LogP contribution is -2.01. The van der Waals surface area contributed by atoms with Crippen LogP contribution in [0.5, 0.6) is 0 Å². The van der Waals surface area contributed by atoms with Crippen LogP contribution in [-0.2, 0) is 11.2 Å². The molecule has 14 heavy (non-hydrogen) atoms. The van der Waals surface area contributed by atoms with E-state index in [-0.39, 0.29) is 0 Å². The fourth-order valence-electron chi connectivity index (χ4n) is 1.44. The number of imidazole rings is 1. The highest BCUT2D eigenvalue weighted by atomic mass is 79.9. The van der Waals surface area contributed by atoms with Crippen molar-refractivity contribution >= 4 is 21.4 Å². The van der Waals surface area contributed by atoms with Gasteiger partial charge in [-0.3, -0.25) is 4.40 Å². The standard InChI is InChI=1S/C10H11BrN2O/c1-14-6-5-10-12-7-8-3-2-4-9(11)13(8)10/h2-4,7H,5-6H2,1H3. The largest absolute Gasteiger partial charge is 0.384 e. The third kappa shape index (κ3) is 1.67. The van der Waals surface area contributed by atoms with E-state index in [1.807, 2.05) is 24.4 Å². The fraction of sp³-hybridized carbons (Fsp3) is 0.300. The highest BCUT2D eigenvalue weighted by Gasteiger charge is 2.04. The van der Waals surface area contributed by atoms with Crippen molar-refractivity contribution in [3.63, 3.8) is 0 Å². The van der Waals surface area contributed by atoms with Crippen LogP contribution >= 0.6 is 15.9 Å². The molecule has 0 spiro atoms. The van der Waals surface area contributed by atoms with Crippen LogP contribution in [0.3, 0.4) is 0 Å². The Morgan fingerprint density at radius 3 is 3.14 bits per heavy atom. The second kappa shape index (κ2) is 4.11. The van der Waals surface area contributed by atoms with Crippen LogP contribution in [0.25, 0.3) is 5.52 Å². The van der Waals surface area contributed by atoms with Crippen molar-refractivity contribution in [1.82, 2.24) is 9.38 Å². The number of hydrogen-bond donors (Lipinski definition) is 0. The molecule has 74 valence electrons. The molecule has 0 aliphatic heterocycles. The summed E-state index contributed by atoms with van der Waals surface area (Å²) in [4.78, 5) is 4.35. The van der Waals surface area contributed by atoms with Gasteiger partial charge in [-0.25, -0.2) is 4.98 Å². The number of methoxy groups -OCH3 is 1. The molecule has 0 aromatic carbocycles. The minimum Gasteiger partial charge on any atom is -0.384 e. The number of ether oxygens (including phenoxy) is 1. The molecule has 0 amide bonds. The monoisotopic (exact) mass is 254 g/mol. The third-order valence-electron chi connectivity index (χ3n) is 2.11. The molecule has 0 fully saturated rings. The Kier molecular flexibility index (Phi) is 2.84. The average Bonchev–Trinajstić information content (AvgIpc) is 2.59. The first-order valence-electron chi connectivity index (χ1n) is 4.42. The summed E-state index contributed by atoms with van der Waals surface area (Å²) in [5.74, 6) is 1.02. The molecular weight excluding hydrogens is 244 g/mol. The first-order chi connectivity index (χ1) is 6.83. The van der Waals surface area contributed by atoms with Gasteiger partial charge in [0.05, 0.1) is 22.9 Å². The van der Waals surface area contributed by atoms with Gasteiger partial charge in [-0.2, -0.15) is 0 Å². The first kappa shape index (κ1) is 9.68. The van der Waals surface area contributed by atoms with Crippen molar-refractivity contribution < 1.29 is 4.74 Å². The normalized spacial score (nSPS) is 11.0.